The van der Waals surface area contributed by atoms with E-state index in [-0.39, 0.29) is 11.7 Å². The van der Waals surface area contributed by atoms with Gasteiger partial charge in [-0.1, -0.05) is 30.4 Å². The molecule has 0 saturated heterocycles. The average Bonchev–Trinajstić information content (AvgIpc) is 3.01. The van der Waals surface area contributed by atoms with Crippen LogP contribution in [0.15, 0.2) is 47.8 Å². The Labute approximate surface area is 154 Å². The van der Waals surface area contributed by atoms with E-state index in [1.54, 1.807) is 11.5 Å². The van der Waals surface area contributed by atoms with Crippen molar-refractivity contribution < 1.29 is 14.3 Å². The van der Waals surface area contributed by atoms with E-state index in [0.717, 1.165) is 10.2 Å². The Hall–Kier alpha value is -2.87. The Kier molecular flexibility index (Phi) is 5.52. The van der Waals surface area contributed by atoms with Crippen LogP contribution in [0.4, 0.5) is 0 Å². The third-order valence-electron chi connectivity index (χ3n) is 3.77. The lowest BCUT2D eigenvalue weighted by Gasteiger charge is -2.16. The van der Waals surface area contributed by atoms with Crippen LogP contribution in [0.2, 0.25) is 0 Å². The lowest BCUT2D eigenvalue weighted by atomic mass is 10.2. The monoisotopic (exact) mass is 370 g/mol. The number of amides is 1. The summed E-state index contributed by atoms with van der Waals surface area (Å²) in [7, 11) is 0. The standard InChI is InChI=1S/C18H18N4O3S/c1-3-13(17(24)25-4-2)22-14-7-5-6-8-15(14)26-18(22)21-16(23)12-11-19-9-10-20-12/h5-11,13H,3-4H2,1-2H3. The molecule has 7 nitrogen and oxygen atoms in total. The molecule has 1 aromatic carbocycles. The molecular formula is C18H18N4O3S. The fourth-order valence-electron chi connectivity index (χ4n) is 2.62. The number of hydrogen-bond donors (Lipinski definition) is 0. The highest BCUT2D eigenvalue weighted by atomic mass is 32.1. The number of fused-ring (bicyclic) bond motifs is 1. The van der Waals surface area contributed by atoms with Crippen LogP contribution in [-0.2, 0) is 9.53 Å². The summed E-state index contributed by atoms with van der Waals surface area (Å²) in [4.78, 5) is 37.4. The molecule has 0 spiro atoms. The zero-order chi connectivity index (χ0) is 18.5. The molecule has 0 aliphatic rings. The molecule has 1 unspecified atom stereocenters. The minimum Gasteiger partial charge on any atom is -0.464 e. The summed E-state index contributed by atoms with van der Waals surface area (Å²) >= 11 is 1.35. The molecule has 0 radical (unpaired) electrons. The highest BCUT2D eigenvalue weighted by Gasteiger charge is 2.23. The van der Waals surface area contributed by atoms with Crippen molar-refractivity contribution in [1.29, 1.82) is 0 Å². The topological polar surface area (TPSA) is 86.4 Å². The number of carbonyl (C=O) groups excluding carboxylic acids is 2. The molecule has 134 valence electrons. The number of thiazole rings is 1. The summed E-state index contributed by atoms with van der Waals surface area (Å²) in [6.07, 6.45) is 4.82. The Bertz CT molecular complexity index is 994. The van der Waals surface area contributed by atoms with Gasteiger partial charge >= 0.3 is 5.97 Å². The summed E-state index contributed by atoms with van der Waals surface area (Å²) < 4.78 is 7.91. The second-order valence-electron chi connectivity index (χ2n) is 5.41. The first-order chi connectivity index (χ1) is 12.7. The molecule has 0 bridgehead atoms. The van der Waals surface area contributed by atoms with E-state index in [2.05, 4.69) is 15.0 Å². The molecule has 2 aromatic heterocycles. The molecule has 3 aromatic rings. The van der Waals surface area contributed by atoms with Gasteiger partial charge in [0.15, 0.2) is 4.80 Å². The van der Waals surface area contributed by atoms with E-state index >= 15 is 0 Å². The smallest absolute Gasteiger partial charge is 0.329 e. The van der Waals surface area contributed by atoms with Crippen LogP contribution in [0.25, 0.3) is 10.2 Å². The van der Waals surface area contributed by atoms with Gasteiger partial charge in [-0.05, 0) is 25.5 Å². The van der Waals surface area contributed by atoms with Crippen molar-refractivity contribution >= 4 is 33.4 Å². The van der Waals surface area contributed by atoms with Crippen LogP contribution in [0, 0.1) is 0 Å². The second-order valence-corrected chi connectivity index (χ2v) is 6.42. The molecule has 26 heavy (non-hydrogen) atoms. The van der Waals surface area contributed by atoms with Gasteiger partial charge in [-0.25, -0.2) is 9.78 Å². The zero-order valence-electron chi connectivity index (χ0n) is 14.5. The average molecular weight is 370 g/mol. The highest BCUT2D eigenvalue weighted by molar-refractivity contribution is 7.16. The molecular weight excluding hydrogens is 352 g/mol. The van der Waals surface area contributed by atoms with Crippen LogP contribution in [0.3, 0.4) is 0 Å². The van der Waals surface area contributed by atoms with Crippen molar-refractivity contribution in [2.45, 2.75) is 26.3 Å². The number of hydrogen-bond acceptors (Lipinski definition) is 6. The lowest BCUT2D eigenvalue weighted by molar-refractivity contribution is -0.147. The normalized spacial score (nSPS) is 12.9. The molecule has 8 heteroatoms. The van der Waals surface area contributed by atoms with Crippen LogP contribution in [0.1, 0.15) is 36.8 Å². The number of aromatic nitrogens is 3. The first-order valence-corrected chi connectivity index (χ1v) is 9.09. The quantitative estimate of drug-likeness (QED) is 0.645. The fourth-order valence-corrected chi connectivity index (χ4v) is 3.68. The van der Waals surface area contributed by atoms with E-state index in [0.29, 0.717) is 17.8 Å². The number of benzene rings is 1. The Balaban J connectivity index is 2.17. The first-order valence-electron chi connectivity index (χ1n) is 8.27. The molecule has 0 aliphatic carbocycles. The lowest BCUT2D eigenvalue weighted by Crippen LogP contribution is -2.29. The number of nitrogens with zero attached hydrogens (tertiary/aromatic N) is 4. The Morgan fingerprint density at radius 3 is 2.77 bits per heavy atom. The first kappa shape index (κ1) is 17.9. The SMILES string of the molecule is CCOC(=O)C(CC)n1c(=NC(=O)c2cnccn2)sc2ccccc21. The van der Waals surface area contributed by atoms with Crippen molar-refractivity contribution in [3.8, 4) is 0 Å². The summed E-state index contributed by atoms with van der Waals surface area (Å²) in [5.74, 6) is -0.843. The van der Waals surface area contributed by atoms with Crippen LogP contribution >= 0.6 is 11.3 Å². The predicted octanol–water partition coefficient (Wildman–Crippen LogP) is 2.75. The number of ether oxygens (including phenoxy) is 1. The van der Waals surface area contributed by atoms with Crippen LogP contribution in [-0.4, -0.2) is 33.0 Å². The largest absolute Gasteiger partial charge is 0.464 e. The fraction of sp³-hybridized carbons (Fsp3) is 0.278. The molecule has 1 amide bonds. The van der Waals surface area contributed by atoms with Gasteiger partial charge in [0.25, 0.3) is 5.91 Å². The van der Waals surface area contributed by atoms with Crippen molar-refractivity contribution in [3.63, 3.8) is 0 Å². The summed E-state index contributed by atoms with van der Waals surface area (Å²) in [6, 6.07) is 7.07. The summed E-state index contributed by atoms with van der Waals surface area (Å²) in [5, 5.41) is 0. The van der Waals surface area contributed by atoms with Gasteiger partial charge in [-0.15, -0.1) is 0 Å². The van der Waals surface area contributed by atoms with E-state index in [9.17, 15) is 9.59 Å². The van der Waals surface area contributed by atoms with Gasteiger partial charge in [0.2, 0.25) is 0 Å². The van der Waals surface area contributed by atoms with Crippen molar-refractivity contribution in [3.05, 3.63) is 53.4 Å². The number of rotatable bonds is 5. The second kappa shape index (κ2) is 8.01. The van der Waals surface area contributed by atoms with E-state index in [1.165, 1.54) is 29.9 Å². The minimum atomic E-state index is -0.556. The van der Waals surface area contributed by atoms with E-state index in [4.69, 9.17) is 4.74 Å². The van der Waals surface area contributed by atoms with Crippen molar-refractivity contribution in [1.82, 2.24) is 14.5 Å². The van der Waals surface area contributed by atoms with Gasteiger partial charge in [0.1, 0.15) is 11.7 Å². The maximum atomic E-state index is 12.5. The predicted molar refractivity (Wildman–Crippen MR) is 97.7 cm³/mol. The third-order valence-corrected chi connectivity index (χ3v) is 4.80. The summed E-state index contributed by atoms with van der Waals surface area (Å²) in [6.45, 7) is 3.96. The Morgan fingerprint density at radius 2 is 2.08 bits per heavy atom. The molecule has 0 fully saturated rings. The van der Waals surface area contributed by atoms with Crippen molar-refractivity contribution in [2.75, 3.05) is 6.61 Å². The number of para-hydroxylation sites is 1. The van der Waals surface area contributed by atoms with E-state index in [1.807, 2.05) is 31.2 Å². The molecule has 2 heterocycles. The van der Waals surface area contributed by atoms with Crippen LogP contribution in [0.5, 0.6) is 0 Å². The number of carbonyl (C=O) groups is 2. The maximum Gasteiger partial charge on any atom is 0.329 e. The van der Waals surface area contributed by atoms with Gasteiger partial charge in [0.05, 0.1) is 23.0 Å². The van der Waals surface area contributed by atoms with E-state index < -0.39 is 11.9 Å². The highest BCUT2D eigenvalue weighted by Crippen LogP contribution is 2.23. The van der Waals surface area contributed by atoms with Gasteiger partial charge in [-0.2, -0.15) is 4.99 Å². The zero-order valence-corrected chi connectivity index (χ0v) is 15.3. The Morgan fingerprint density at radius 1 is 1.27 bits per heavy atom. The third kappa shape index (κ3) is 3.55. The number of esters is 1. The van der Waals surface area contributed by atoms with Gasteiger partial charge in [0, 0.05) is 12.4 Å². The molecule has 3 rings (SSSR count). The van der Waals surface area contributed by atoms with Crippen LogP contribution < -0.4 is 4.80 Å². The van der Waals surface area contributed by atoms with Crippen molar-refractivity contribution in [2.24, 2.45) is 4.99 Å². The maximum absolute atomic E-state index is 12.5. The van der Waals surface area contributed by atoms with Gasteiger partial charge < -0.3 is 9.30 Å². The van der Waals surface area contributed by atoms with Gasteiger partial charge in [-0.3, -0.25) is 9.78 Å². The molecule has 0 N–H and O–H groups in total. The minimum absolute atomic E-state index is 0.153. The molecule has 0 aliphatic heterocycles. The summed E-state index contributed by atoms with van der Waals surface area (Å²) in [5.41, 5.74) is 0.990. The molecule has 1 atom stereocenters. The molecule has 0 saturated carbocycles.